The van der Waals surface area contributed by atoms with Crippen molar-refractivity contribution in [1.29, 1.82) is 0 Å². The molecule has 1 amide bonds. The Bertz CT molecular complexity index is 1530. The molecule has 1 heterocycles. The molecule has 0 unspecified atom stereocenters. The molecule has 0 aliphatic heterocycles. The summed E-state index contributed by atoms with van der Waals surface area (Å²) in [5, 5.41) is 14.4. The number of anilines is 2. The molecule has 0 saturated heterocycles. The largest absolute Gasteiger partial charge is 0.496 e. The fourth-order valence-electron chi connectivity index (χ4n) is 4.92. The van der Waals surface area contributed by atoms with Crippen molar-refractivity contribution in [3.8, 4) is 17.0 Å². The lowest BCUT2D eigenvalue weighted by molar-refractivity contribution is -0.136. The number of rotatable bonds is 11. The maximum absolute atomic E-state index is 12.4. The highest BCUT2D eigenvalue weighted by Gasteiger charge is 2.18. The van der Waals surface area contributed by atoms with E-state index in [2.05, 4.69) is 40.6 Å². The summed E-state index contributed by atoms with van der Waals surface area (Å²) in [7, 11) is 1.66. The molecule has 8 heteroatoms. The van der Waals surface area contributed by atoms with Crippen LogP contribution in [0.1, 0.15) is 53.6 Å². The van der Waals surface area contributed by atoms with Gasteiger partial charge in [0.05, 0.1) is 25.8 Å². The number of carboxylic acids is 1. The minimum Gasteiger partial charge on any atom is -0.496 e. The molecule has 0 fully saturated rings. The lowest BCUT2D eigenvalue weighted by Crippen LogP contribution is -2.26. The number of benzene rings is 3. The summed E-state index contributed by atoms with van der Waals surface area (Å²) in [5.74, 6) is -0.456. The van der Waals surface area contributed by atoms with E-state index in [0.717, 1.165) is 46.2 Å². The topological polar surface area (TPSA) is 91.8 Å². The summed E-state index contributed by atoms with van der Waals surface area (Å²) >= 11 is 1.57. The number of thiazole rings is 1. The number of carboxylic acid groups (broad SMARTS) is 1. The van der Waals surface area contributed by atoms with Gasteiger partial charge in [0.25, 0.3) is 5.91 Å². The van der Waals surface area contributed by atoms with Crippen LogP contribution in [0.2, 0.25) is 0 Å². The number of hydrogen-bond donors (Lipinski definition) is 2. The Morgan fingerprint density at radius 2 is 1.80 bits per heavy atom. The zero-order chi connectivity index (χ0) is 28.6. The molecule has 1 aliphatic rings. The van der Waals surface area contributed by atoms with Gasteiger partial charge in [-0.15, -0.1) is 11.3 Å². The van der Waals surface area contributed by atoms with E-state index in [4.69, 9.17) is 14.8 Å². The number of carbonyl (C=O) groups is 2. The molecule has 1 aliphatic carbocycles. The van der Waals surface area contributed by atoms with Crippen molar-refractivity contribution >= 4 is 39.6 Å². The highest BCUT2D eigenvalue weighted by molar-refractivity contribution is 7.14. The normalized spacial score (nSPS) is 12.9. The molecule has 41 heavy (non-hydrogen) atoms. The van der Waals surface area contributed by atoms with Gasteiger partial charge in [-0.25, -0.2) is 4.98 Å². The Labute approximate surface area is 244 Å². The van der Waals surface area contributed by atoms with Crippen LogP contribution in [0.25, 0.3) is 16.8 Å². The van der Waals surface area contributed by atoms with Gasteiger partial charge in [-0.05, 0) is 78.8 Å². The molecule has 210 valence electrons. The lowest BCUT2D eigenvalue weighted by atomic mass is 9.93. The molecule has 0 saturated carbocycles. The first-order chi connectivity index (χ1) is 20.0. The van der Waals surface area contributed by atoms with Crippen LogP contribution in [-0.2, 0) is 11.3 Å². The smallest absolute Gasteiger partial charge is 0.305 e. The zero-order valence-electron chi connectivity index (χ0n) is 23.0. The van der Waals surface area contributed by atoms with Gasteiger partial charge >= 0.3 is 5.97 Å². The highest BCUT2D eigenvalue weighted by atomic mass is 32.1. The summed E-state index contributed by atoms with van der Waals surface area (Å²) < 4.78 is 5.57. The number of ether oxygens (including phenoxy) is 1. The van der Waals surface area contributed by atoms with Crippen LogP contribution in [0.3, 0.4) is 0 Å². The van der Waals surface area contributed by atoms with E-state index in [0.29, 0.717) is 12.1 Å². The van der Waals surface area contributed by atoms with E-state index in [1.807, 2.05) is 41.8 Å². The number of carbonyl (C=O) groups excluding carboxylic acids is 1. The van der Waals surface area contributed by atoms with Crippen LogP contribution in [-0.4, -0.2) is 35.6 Å². The van der Waals surface area contributed by atoms with Gasteiger partial charge in [-0.1, -0.05) is 42.5 Å². The van der Waals surface area contributed by atoms with Crippen molar-refractivity contribution in [1.82, 2.24) is 10.3 Å². The number of aliphatic carboxylic acids is 1. The van der Waals surface area contributed by atoms with Gasteiger partial charge in [-0.3, -0.25) is 9.59 Å². The molecule has 5 rings (SSSR count). The van der Waals surface area contributed by atoms with Gasteiger partial charge in [0.2, 0.25) is 0 Å². The third-order valence-electron chi connectivity index (χ3n) is 7.13. The van der Waals surface area contributed by atoms with Crippen molar-refractivity contribution in [2.75, 3.05) is 18.6 Å². The van der Waals surface area contributed by atoms with Gasteiger partial charge in [-0.2, -0.15) is 0 Å². The number of hydrogen-bond acceptors (Lipinski definition) is 6. The fraction of sp³-hybridized carbons (Fsp3) is 0.242. The van der Waals surface area contributed by atoms with Gasteiger partial charge in [0.1, 0.15) is 5.75 Å². The summed E-state index contributed by atoms with van der Waals surface area (Å²) in [6.45, 7) is 0.650. The number of methoxy groups -OCH3 is 1. The number of aromatic nitrogens is 1. The molecule has 0 spiro atoms. The number of para-hydroxylation sites is 1. The zero-order valence-corrected chi connectivity index (χ0v) is 23.8. The molecule has 0 atom stereocenters. The minimum atomic E-state index is -0.944. The number of allylic oxidation sites excluding steroid dienone is 2. The van der Waals surface area contributed by atoms with Gasteiger partial charge in [0, 0.05) is 28.7 Å². The van der Waals surface area contributed by atoms with Crippen molar-refractivity contribution in [3.63, 3.8) is 0 Å². The second kappa shape index (κ2) is 13.3. The molecule has 7 nitrogen and oxygen atoms in total. The summed E-state index contributed by atoms with van der Waals surface area (Å²) in [5.41, 5.74) is 7.00. The van der Waals surface area contributed by atoms with E-state index in [1.54, 1.807) is 30.6 Å². The third kappa shape index (κ3) is 7.02. The Morgan fingerprint density at radius 1 is 1.02 bits per heavy atom. The molecule has 0 radical (unpaired) electrons. The molecular formula is C33H33N3O4S. The molecule has 3 aromatic carbocycles. The van der Waals surface area contributed by atoms with Crippen molar-refractivity contribution in [2.45, 2.75) is 38.6 Å². The average molecular weight is 568 g/mol. The molecule has 4 aromatic rings. The summed E-state index contributed by atoms with van der Waals surface area (Å²) in [6.07, 6.45) is 7.00. The molecular weight excluding hydrogens is 534 g/mol. The monoisotopic (exact) mass is 567 g/mol. The fourth-order valence-corrected chi connectivity index (χ4v) is 5.77. The molecule has 1 aromatic heterocycles. The SMILES string of the molecule is COc1ccccc1-c1csc(N(Cc2ccc(C(=O)NCCC(=O)O)cc2)c2ccc(C3=CCCCC3)cc2)n1. The van der Waals surface area contributed by atoms with Crippen LogP contribution in [0.4, 0.5) is 10.8 Å². The Kier molecular flexibility index (Phi) is 9.11. The Hall–Kier alpha value is -4.43. The first-order valence-corrected chi connectivity index (χ1v) is 14.6. The average Bonchev–Trinajstić information content (AvgIpc) is 3.50. The second-order valence-corrected chi connectivity index (χ2v) is 10.8. The van der Waals surface area contributed by atoms with Crippen LogP contribution in [0, 0.1) is 0 Å². The predicted molar refractivity (Wildman–Crippen MR) is 164 cm³/mol. The van der Waals surface area contributed by atoms with Gasteiger partial charge < -0.3 is 20.1 Å². The number of nitrogens with one attached hydrogen (secondary N) is 1. The minimum absolute atomic E-state index is 0.0924. The van der Waals surface area contributed by atoms with E-state index >= 15 is 0 Å². The van der Waals surface area contributed by atoms with Crippen molar-refractivity contribution in [3.05, 3.63) is 101 Å². The number of nitrogens with zero attached hydrogens (tertiary/aromatic N) is 2. The maximum Gasteiger partial charge on any atom is 0.305 e. The quantitative estimate of drug-likeness (QED) is 0.197. The highest BCUT2D eigenvalue weighted by Crippen LogP contribution is 2.37. The van der Waals surface area contributed by atoms with E-state index in [-0.39, 0.29) is 18.9 Å². The molecule has 0 bridgehead atoms. The predicted octanol–water partition coefficient (Wildman–Crippen LogP) is 7.32. The van der Waals surface area contributed by atoms with E-state index in [9.17, 15) is 9.59 Å². The van der Waals surface area contributed by atoms with Crippen LogP contribution in [0.5, 0.6) is 5.75 Å². The van der Waals surface area contributed by atoms with Crippen molar-refractivity contribution in [2.24, 2.45) is 0 Å². The van der Waals surface area contributed by atoms with Crippen LogP contribution < -0.4 is 15.0 Å². The van der Waals surface area contributed by atoms with Crippen molar-refractivity contribution < 1.29 is 19.4 Å². The van der Waals surface area contributed by atoms with Crippen LogP contribution >= 0.6 is 11.3 Å². The van der Waals surface area contributed by atoms with Crippen LogP contribution in [0.15, 0.2) is 84.3 Å². The van der Waals surface area contributed by atoms with E-state index in [1.165, 1.54) is 24.0 Å². The van der Waals surface area contributed by atoms with Gasteiger partial charge in [0.15, 0.2) is 5.13 Å². The third-order valence-corrected chi connectivity index (χ3v) is 7.99. The van der Waals surface area contributed by atoms with E-state index < -0.39 is 5.97 Å². The number of amides is 1. The summed E-state index contributed by atoms with van der Waals surface area (Å²) in [4.78, 5) is 30.4. The first-order valence-electron chi connectivity index (χ1n) is 13.8. The molecule has 2 N–H and O–H groups in total. The maximum atomic E-state index is 12.4. The summed E-state index contributed by atoms with van der Waals surface area (Å²) in [6, 6.07) is 23.9. The first kappa shape index (κ1) is 28.1. The second-order valence-electron chi connectivity index (χ2n) is 9.92. The standard InChI is InChI=1S/C33H33N3O4S/c1-40-30-10-6-5-9-28(30)29-22-41-33(35-29)36(27-17-15-25(16-18-27)24-7-3-2-4-8-24)21-23-11-13-26(14-12-23)32(39)34-20-19-31(37)38/h5-7,9-18,22H,2-4,8,19-21H2,1H3,(H,34,39)(H,37,38). The Morgan fingerprint density at radius 3 is 2.51 bits per heavy atom. The Balaban J connectivity index is 1.41. The lowest BCUT2D eigenvalue weighted by Gasteiger charge is -2.23.